The van der Waals surface area contributed by atoms with Gasteiger partial charge in [-0.05, 0) is 39.3 Å². The molecule has 28 heavy (non-hydrogen) atoms. The smallest absolute Gasteiger partial charge is 0.343 e. The molecular weight excluding hydrogens is 371 g/mol. The van der Waals surface area contributed by atoms with E-state index < -0.39 is 23.6 Å². The monoisotopic (exact) mass is 399 g/mol. The van der Waals surface area contributed by atoms with Crippen LogP contribution in [0.15, 0.2) is 24.3 Å². The molecular formula is C20H28F3N3O2. The number of alkyl halides is 3. The number of hydrogen-bond donors (Lipinski definition) is 1. The predicted octanol–water partition coefficient (Wildman–Crippen LogP) is 3.71. The summed E-state index contributed by atoms with van der Waals surface area (Å²) in [6.07, 6.45) is -4.46. The fourth-order valence-corrected chi connectivity index (χ4v) is 3.36. The largest absolute Gasteiger partial charge is 0.416 e. The summed E-state index contributed by atoms with van der Waals surface area (Å²) in [5.74, 6) is -1.25. The second-order valence-corrected chi connectivity index (χ2v) is 7.89. The van der Waals surface area contributed by atoms with E-state index in [2.05, 4.69) is 5.32 Å². The van der Waals surface area contributed by atoms with Crippen LogP contribution in [0.4, 0.5) is 18.0 Å². The SMILES string of the molecule is CC(C)NC(=O)N1CC(C(=O)N(C)C(C)C)C(c2cccc(C(F)(F)F)c2)C1. The van der Waals surface area contributed by atoms with Crippen molar-refractivity contribution >= 4 is 11.9 Å². The first-order valence-electron chi connectivity index (χ1n) is 9.41. The molecule has 8 heteroatoms. The minimum Gasteiger partial charge on any atom is -0.343 e. The molecule has 5 nitrogen and oxygen atoms in total. The highest BCUT2D eigenvalue weighted by molar-refractivity contribution is 5.83. The van der Waals surface area contributed by atoms with Crippen LogP contribution < -0.4 is 5.32 Å². The van der Waals surface area contributed by atoms with Gasteiger partial charge in [0, 0.05) is 38.1 Å². The van der Waals surface area contributed by atoms with Crippen molar-refractivity contribution < 1.29 is 22.8 Å². The second-order valence-electron chi connectivity index (χ2n) is 7.89. The molecule has 0 aromatic heterocycles. The fourth-order valence-electron chi connectivity index (χ4n) is 3.36. The first-order chi connectivity index (χ1) is 12.9. The maximum absolute atomic E-state index is 13.1. The molecule has 0 radical (unpaired) electrons. The summed E-state index contributed by atoms with van der Waals surface area (Å²) in [6, 6.07) is 4.61. The molecule has 0 spiro atoms. The van der Waals surface area contributed by atoms with E-state index in [9.17, 15) is 22.8 Å². The van der Waals surface area contributed by atoms with Crippen LogP contribution in [0.3, 0.4) is 0 Å². The number of nitrogens with one attached hydrogen (secondary N) is 1. The highest BCUT2D eigenvalue weighted by atomic mass is 19.4. The van der Waals surface area contributed by atoms with Crippen LogP contribution >= 0.6 is 0 Å². The number of benzene rings is 1. The van der Waals surface area contributed by atoms with Gasteiger partial charge in [0.25, 0.3) is 0 Å². The van der Waals surface area contributed by atoms with E-state index in [4.69, 9.17) is 0 Å². The minimum absolute atomic E-state index is 0.0480. The Hall–Kier alpha value is -2.25. The summed E-state index contributed by atoms with van der Waals surface area (Å²) in [5, 5.41) is 2.79. The van der Waals surface area contributed by atoms with Gasteiger partial charge in [0.05, 0.1) is 11.5 Å². The number of nitrogens with zero attached hydrogens (tertiary/aromatic N) is 2. The fraction of sp³-hybridized carbons (Fsp3) is 0.600. The lowest BCUT2D eigenvalue weighted by Crippen LogP contribution is -2.43. The standard InChI is InChI=1S/C20H28F3N3O2/c1-12(2)24-19(28)26-10-16(17(11-26)18(27)25(5)13(3)4)14-7-6-8-15(9-14)20(21,22)23/h6-9,12-13,16-17H,10-11H2,1-5H3,(H,24,28). The molecule has 1 fully saturated rings. The molecule has 1 aromatic carbocycles. The van der Waals surface area contributed by atoms with E-state index in [1.165, 1.54) is 11.0 Å². The van der Waals surface area contributed by atoms with E-state index in [0.717, 1.165) is 12.1 Å². The van der Waals surface area contributed by atoms with Crippen LogP contribution in [0.5, 0.6) is 0 Å². The highest BCUT2D eigenvalue weighted by Crippen LogP contribution is 2.37. The van der Waals surface area contributed by atoms with Crippen molar-refractivity contribution in [3.05, 3.63) is 35.4 Å². The number of urea groups is 1. The van der Waals surface area contributed by atoms with Gasteiger partial charge >= 0.3 is 12.2 Å². The van der Waals surface area contributed by atoms with Crippen LogP contribution in [0.1, 0.15) is 44.7 Å². The third-order valence-electron chi connectivity index (χ3n) is 5.10. The predicted molar refractivity (Wildman–Crippen MR) is 101 cm³/mol. The van der Waals surface area contributed by atoms with Gasteiger partial charge in [0.2, 0.25) is 5.91 Å². The van der Waals surface area contributed by atoms with E-state index in [1.807, 2.05) is 27.7 Å². The molecule has 1 aromatic rings. The maximum Gasteiger partial charge on any atom is 0.416 e. The lowest BCUT2D eigenvalue weighted by Gasteiger charge is -2.27. The first-order valence-corrected chi connectivity index (χ1v) is 9.41. The Balaban J connectivity index is 2.37. The first kappa shape index (κ1) is 22.0. The van der Waals surface area contributed by atoms with Crippen molar-refractivity contribution in [3.63, 3.8) is 0 Å². The molecule has 0 saturated carbocycles. The summed E-state index contributed by atoms with van der Waals surface area (Å²) in [4.78, 5) is 28.5. The number of carbonyl (C=O) groups excluding carboxylic acids is 2. The number of amides is 3. The third-order valence-corrected chi connectivity index (χ3v) is 5.10. The Morgan fingerprint density at radius 3 is 2.36 bits per heavy atom. The molecule has 2 rings (SSSR count). The van der Waals surface area contributed by atoms with E-state index in [0.29, 0.717) is 5.56 Å². The second kappa shape index (κ2) is 8.41. The molecule has 3 amide bonds. The number of carbonyl (C=O) groups is 2. The number of rotatable bonds is 4. The summed E-state index contributed by atoms with van der Waals surface area (Å²) >= 11 is 0. The van der Waals surface area contributed by atoms with Crippen molar-refractivity contribution in [2.24, 2.45) is 5.92 Å². The van der Waals surface area contributed by atoms with Crippen molar-refractivity contribution in [1.82, 2.24) is 15.1 Å². The summed E-state index contributed by atoms with van der Waals surface area (Å²) < 4.78 is 39.4. The molecule has 1 saturated heterocycles. The molecule has 2 atom stereocenters. The Labute approximate surface area is 163 Å². The number of halogens is 3. The Bertz CT molecular complexity index is 719. The van der Waals surface area contributed by atoms with Crippen molar-refractivity contribution in [2.45, 2.75) is 51.9 Å². The van der Waals surface area contributed by atoms with Crippen molar-refractivity contribution in [2.75, 3.05) is 20.1 Å². The van der Waals surface area contributed by atoms with Gasteiger partial charge in [-0.3, -0.25) is 4.79 Å². The molecule has 0 aliphatic carbocycles. The van der Waals surface area contributed by atoms with Gasteiger partial charge in [0.1, 0.15) is 0 Å². The van der Waals surface area contributed by atoms with Gasteiger partial charge in [-0.1, -0.05) is 18.2 Å². The van der Waals surface area contributed by atoms with Crippen LogP contribution in [-0.4, -0.2) is 54.0 Å². The molecule has 1 heterocycles. The van der Waals surface area contributed by atoms with Crippen molar-refractivity contribution in [1.29, 1.82) is 0 Å². The topological polar surface area (TPSA) is 52.7 Å². The van der Waals surface area contributed by atoms with Crippen LogP contribution in [-0.2, 0) is 11.0 Å². The van der Waals surface area contributed by atoms with Gasteiger partial charge < -0.3 is 15.1 Å². The zero-order valence-corrected chi connectivity index (χ0v) is 16.9. The van der Waals surface area contributed by atoms with Crippen LogP contribution in [0.2, 0.25) is 0 Å². The molecule has 2 unspecified atom stereocenters. The number of hydrogen-bond acceptors (Lipinski definition) is 2. The van der Waals surface area contributed by atoms with E-state index in [1.54, 1.807) is 18.0 Å². The summed E-state index contributed by atoms with van der Waals surface area (Å²) in [6.45, 7) is 7.77. The van der Waals surface area contributed by atoms with E-state index >= 15 is 0 Å². The van der Waals surface area contributed by atoms with Crippen LogP contribution in [0, 0.1) is 5.92 Å². The molecule has 1 aliphatic heterocycles. The van der Waals surface area contributed by atoms with Gasteiger partial charge in [0.15, 0.2) is 0 Å². The summed E-state index contributed by atoms with van der Waals surface area (Å²) in [5.41, 5.74) is -0.330. The molecule has 156 valence electrons. The van der Waals surface area contributed by atoms with E-state index in [-0.39, 0.29) is 37.1 Å². The third kappa shape index (κ3) is 4.97. The summed E-state index contributed by atoms with van der Waals surface area (Å²) in [7, 11) is 1.67. The Kier molecular flexibility index (Phi) is 6.62. The Morgan fingerprint density at radius 1 is 1.18 bits per heavy atom. The zero-order valence-electron chi connectivity index (χ0n) is 16.9. The van der Waals surface area contributed by atoms with Crippen molar-refractivity contribution in [3.8, 4) is 0 Å². The lowest BCUT2D eigenvalue weighted by molar-refractivity contribution is -0.137. The van der Waals surface area contributed by atoms with Gasteiger partial charge in [-0.2, -0.15) is 13.2 Å². The molecule has 1 N–H and O–H groups in total. The minimum atomic E-state index is -4.46. The quantitative estimate of drug-likeness (QED) is 0.839. The average molecular weight is 399 g/mol. The zero-order chi connectivity index (χ0) is 21.2. The number of likely N-dealkylation sites (tertiary alicyclic amines) is 1. The highest BCUT2D eigenvalue weighted by Gasteiger charge is 2.42. The normalized spacial score (nSPS) is 20.0. The maximum atomic E-state index is 13.1. The lowest BCUT2D eigenvalue weighted by atomic mass is 9.87. The Morgan fingerprint density at radius 2 is 1.82 bits per heavy atom. The van der Waals surface area contributed by atoms with Gasteiger partial charge in [-0.15, -0.1) is 0 Å². The molecule has 1 aliphatic rings. The van der Waals surface area contributed by atoms with Gasteiger partial charge in [-0.25, -0.2) is 4.79 Å². The molecule has 0 bridgehead atoms. The van der Waals surface area contributed by atoms with Crippen LogP contribution in [0.25, 0.3) is 0 Å². The average Bonchev–Trinajstić information content (AvgIpc) is 3.04.